The molecule has 2 N–H and O–H groups in total. The Bertz CT molecular complexity index is 612. The van der Waals surface area contributed by atoms with Crippen molar-refractivity contribution in [3.63, 3.8) is 0 Å². The molecule has 0 saturated heterocycles. The normalized spacial score (nSPS) is 10.2. The van der Waals surface area contributed by atoms with Crippen LogP contribution in [-0.4, -0.2) is 20.7 Å². The minimum atomic E-state index is -0.445. The molecular formula is C11H12N4O2. The van der Waals surface area contributed by atoms with E-state index >= 15 is 0 Å². The number of anilines is 1. The summed E-state index contributed by atoms with van der Waals surface area (Å²) in [6.45, 7) is 1.75. The van der Waals surface area contributed by atoms with E-state index in [1.54, 1.807) is 24.9 Å². The number of nitrogens with zero attached hydrogens (tertiary/aromatic N) is 2. The van der Waals surface area contributed by atoms with Crippen LogP contribution in [0.4, 0.5) is 5.69 Å². The smallest absolute Gasteiger partial charge is 0.261 e. The van der Waals surface area contributed by atoms with Crippen LogP contribution in [-0.2, 0) is 7.05 Å². The largest absolute Gasteiger partial charge is 0.364 e. The van der Waals surface area contributed by atoms with Crippen LogP contribution in [0.15, 0.2) is 29.5 Å². The van der Waals surface area contributed by atoms with Crippen LogP contribution in [0.25, 0.3) is 0 Å². The second-order valence-corrected chi connectivity index (χ2v) is 3.75. The van der Waals surface area contributed by atoms with Gasteiger partial charge in [-0.2, -0.15) is 5.10 Å². The molecule has 6 nitrogen and oxygen atoms in total. The van der Waals surface area contributed by atoms with Gasteiger partial charge in [-0.3, -0.25) is 14.3 Å². The van der Waals surface area contributed by atoms with Gasteiger partial charge in [-0.15, -0.1) is 0 Å². The third-order valence-corrected chi connectivity index (χ3v) is 2.26. The number of pyridine rings is 1. The maximum Gasteiger partial charge on any atom is 0.261 e. The van der Waals surface area contributed by atoms with Crippen molar-refractivity contribution in [1.82, 2.24) is 14.8 Å². The molecule has 0 atom stereocenters. The minimum absolute atomic E-state index is 0.0828. The number of hydrogen-bond donors (Lipinski definition) is 2. The Labute approximate surface area is 97.3 Å². The number of amides is 1. The Morgan fingerprint density at radius 1 is 1.53 bits per heavy atom. The second kappa shape index (κ2) is 4.25. The maximum absolute atomic E-state index is 11.8. The lowest BCUT2D eigenvalue weighted by molar-refractivity contribution is 0.102. The van der Waals surface area contributed by atoms with E-state index in [1.807, 2.05) is 0 Å². The highest BCUT2D eigenvalue weighted by Crippen LogP contribution is 2.05. The van der Waals surface area contributed by atoms with Crippen LogP contribution in [0.1, 0.15) is 16.1 Å². The van der Waals surface area contributed by atoms with E-state index in [0.29, 0.717) is 11.4 Å². The van der Waals surface area contributed by atoms with Gasteiger partial charge in [-0.05, 0) is 6.92 Å². The number of H-pyrrole nitrogens is 1. The van der Waals surface area contributed by atoms with Gasteiger partial charge >= 0.3 is 0 Å². The van der Waals surface area contributed by atoms with Crippen LogP contribution in [0.2, 0.25) is 0 Å². The quantitative estimate of drug-likeness (QED) is 0.798. The SMILES string of the molecule is Cc1cc(=O)c(C(=O)Nc2cnn(C)c2)c[nH]1. The molecule has 0 spiro atoms. The zero-order valence-electron chi connectivity index (χ0n) is 9.52. The molecule has 0 fully saturated rings. The fourth-order valence-corrected chi connectivity index (χ4v) is 1.43. The molecule has 0 unspecified atom stereocenters. The molecule has 2 aromatic rings. The van der Waals surface area contributed by atoms with Gasteiger partial charge in [0.25, 0.3) is 5.91 Å². The third kappa shape index (κ3) is 2.41. The average molecular weight is 232 g/mol. The van der Waals surface area contributed by atoms with Crippen molar-refractivity contribution in [2.24, 2.45) is 7.05 Å². The van der Waals surface area contributed by atoms with E-state index in [9.17, 15) is 9.59 Å². The van der Waals surface area contributed by atoms with Crippen molar-refractivity contribution in [2.75, 3.05) is 5.32 Å². The fraction of sp³-hybridized carbons (Fsp3) is 0.182. The van der Waals surface area contributed by atoms with E-state index < -0.39 is 5.91 Å². The van der Waals surface area contributed by atoms with Crippen molar-refractivity contribution < 1.29 is 4.79 Å². The number of rotatable bonds is 2. The maximum atomic E-state index is 11.8. The molecule has 2 heterocycles. The average Bonchev–Trinajstić information content (AvgIpc) is 2.63. The summed E-state index contributed by atoms with van der Waals surface area (Å²) in [5.74, 6) is -0.445. The number of aryl methyl sites for hydroxylation is 2. The van der Waals surface area contributed by atoms with Gasteiger partial charge < -0.3 is 10.3 Å². The highest BCUT2D eigenvalue weighted by Gasteiger charge is 2.11. The predicted octanol–water partition coefficient (Wildman–Crippen LogP) is 0.669. The van der Waals surface area contributed by atoms with Crippen molar-refractivity contribution in [1.29, 1.82) is 0 Å². The highest BCUT2D eigenvalue weighted by molar-refractivity contribution is 6.03. The number of carbonyl (C=O) groups is 1. The van der Waals surface area contributed by atoms with E-state index in [1.165, 1.54) is 18.5 Å². The van der Waals surface area contributed by atoms with E-state index in [4.69, 9.17) is 0 Å². The van der Waals surface area contributed by atoms with Gasteiger partial charge in [0.05, 0.1) is 11.9 Å². The summed E-state index contributed by atoms with van der Waals surface area (Å²) in [6.07, 6.45) is 4.57. The van der Waals surface area contributed by atoms with Gasteiger partial charge in [-0.25, -0.2) is 0 Å². The van der Waals surface area contributed by atoms with Crippen LogP contribution in [0.5, 0.6) is 0 Å². The summed E-state index contributed by atoms with van der Waals surface area (Å²) >= 11 is 0. The number of hydrogen-bond acceptors (Lipinski definition) is 3. The highest BCUT2D eigenvalue weighted by atomic mass is 16.2. The van der Waals surface area contributed by atoms with Crippen LogP contribution < -0.4 is 10.7 Å². The van der Waals surface area contributed by atoms with Gasteiger partial charge in [0, 0.05) is 31.2 Å². The minimum Gasteiger partial charge on any atom is -0.364 e. The van der Waals surface area contributed by atoms with Crippen LogP contribution in [0, 0.1) is 6.92 Å². The zero-order chi connectivity index (χ0) is 12.4. The number of nitrogens with one attached hydrogen (secondary N) is 2. The lowest BCUT2D eigenvalue weighted by Crippen LogP contribution is -2.21. The van der Waals surface area contributed by atoms with E-state index in [-0.39, 0.29) is 11.0 Å². The Kier molecular flexibility index (Phi) is 2.78. The molecule has 2 rings (SSSR count). The number of aromatic amines is 1. The van der Waals surface area contributed by atoms with Gasteiger partial charge in [0.15, 0.2) is 5.43 Å². The molecule has 0 saturated carbocycles. The molecule has 0 aromatic carbocycles. The molecule has 0 bridgehead atoms. The van der Waals surface area contributed by atoms with E-state index in [2.05, 4.69) is 15.4 Å². The van der Waals surface area contributed by atoms with Gasteiger partial charge in [0.2, 0.25) is 0 Å². The second-order valence-electron chi connectivity index (χ2n) is 3.75. The summed E-state index contributed by atoms with van der Waals surface area (Å²) in [5, 5.41) is 6.51. The van der Waals surface area contributed by atoms with Crippen molar-refractivity contribution in [3.05, 3.63) is 46.1 Å². The predicted molar refractivity (Wildman–Crippen MR) is 63.0 cm³/mol. The summed E-state index contributed by atoms with van der Waals surface area (Å²) in [5.41, 5.74) is 1.05. The first-order valence-corrected chi connectivity index (χ1v) is 5.05. The van der Waals surface area contributed by atoms with Crippen molar-refractivity contribution in [3.8, 4) is 0 Å². The zero-order valence-corrected chi connectivity index (χ0v) is 9.52. The molecule has 0 aliphatic carbocycles. The number of carbonyl (C=O) groups excluding carboxylic acids is 1. The Morgan fingerprint density at radius 2 is 2.29 bits per heavy atom. The van der Waals surface area contributed by atoms with Gasteiger partial charge in [-0.1, -0.05) is 0 Å². The van der Waals surface area contributed by atoms with Gasteiger partial charge in [0.1, 0.15) is 5.56 Å². The molecule has 6 heteroatoms. The first-order valence-electron chi connectivity index (χ1n) is 5.05. The van der Waals surface area contributed by atoms with Crippen LogP contribution in [0.3, 0.4) is 0 Å². The fourth-order valence-electron chi connectivity index (χ4n) is 1.43. The van der Waals surface area contributed by atoms with Crippen molar-refractivity contribution in [2.45, 2.75) is 6.92 Å². The Hall–Kier alpha value is -2.37. The topological polar surface area (TPSA) is 79.8 Å². The summed E-state index contributed by atoms with van der Waals surface area (Å²) in [6, 6.07) is 1.39. The first kappa shape index (κ1) is 11.1. The summed E-state index contributed by atoms with van der Waals surface area (Å²) in [4.78, 5) is 26.2. The standard InChI is InChI=1S/C11H12N4O2/c1-7-3-10(16)9(5-12-7)11(17)14-8-4-13-15(2)6-8/h3-6H,1-2H3,(H,12,16)(H,14,17). The molecule has 17 heavy (non-hydrogen) atoms. The van der Waals surface area contributed by atoms with Crippen molar-refractivity contribution >= 4 is 11.6 Å². The molecule has 88 valence electrons. The first-order chi connectivity index (χ1) is 8.06. The van der Waals surface area contributed by atoms with Crippen LogP contribution >= 0.6 is 0 Å². The lowest BCUT2D eigenvalue weighted by Gasteiger charge is -2.01. The molecule has 1 amide bonds. The number of aromatic nitrogens is 3. The lowest BCUT2D eigenvalue weighted by atomic mass is 10.2. The molecule has 2 aromatic heterocycles. The third-order valence-electron chi connectivity index (χ3n) is 2.26. The molecule has 0 aliphatic heterocycles. The summed E-state index contributed by atoms with van der Waals surface area (Å²) in [7, 11) is 1.74. The Balaban J connectivity index is 2.23. The summed E-state index contributed by atoms with van der Waals surface area (Å²) < 4.78 is 1.56. The molecule has 0 aliphatic rings. The monoisotopic (exact) mass is 232 g/mol. The molecular weight excluding hydrogens is 220 g/mol. The Morgan fingerprint density at radius 3 is 2.88 bits per heavy atom. The molecule has 0 radical (unpaired) electrons. The van der Waals surface area contributed by atoms with E-state index in [0.717, 1.165) is 0 Å².